The van der Waals surface area contributed by atoms with Crippen LogP contribution in [0.5, 0.6) is 11.5 Å². The van der Waals surface area contributed by atoms with Gasteiger partial charge in [-0.2, -0.15) is 0 Å². The van der Waals surface area contributed by atoms with Crippen molar-refractivity contribution in [3.63, 3.8) is 0 Å². The van der Waals surface area contributed by atoms with Crippen molar-refractivity contribution in [2.45, 2.75) is 39.0 Å². The predicted molar refractivity (Wildman–Crippen MR) is 125 cm³/mol. The summed E-state index contributed by atoms with van der Waals surface area (Å²) in [5.41, 5.74) is 2.06. The molecule has 1 saturated carbocycles. The number of fused-ring (bicyclic) bond motifs is 1. The van der Waals surface area contributed by atoms with Crippen LogP contribution in [0.4, 0.5) is 5.69 Å². The molecule has 0 atom stereocenters. The number of Topliss-reactive ketones (excluding diaryl/α,β-unsaturated/α-hetero) is 1. The maximum Gasteiger partial charge on any atom is 0.265 e. The highest BCUT2D eigenvalue weighted by Crippen LogP contribution is 2.33. The molecule has 0 saturated heterocycles. The topological polar surface area (TPSA) is 84.9 Å². The molecule has 2 aromatic rings. The SMILES string of the molecule is CCc1ccccc1OCC(=O)c1ccc2c(c1)N(CCCC(=O)NCC1CC1)C(=O)CO2. The van der Waals surface area contributed by atoms with Crippen LogP contribution in [0, 0.1) is 5.92 Å². The molecule has 1 fully saturated rings. The van der Waals surface area contributed by atoms with Gasteiger partial charge in [-0.05, 0) is 61.4 Å². The molecule has 7 nitrogen and oxygen atoms in total. The normalized spacial score (nSPS) is 14.9. The van der Waals surface area contributed by atoms with Crippen LogP contribution in [0.3, 0.4) is 0 Å². The predicted octanol–water partition coefficient (Wildman–Crippen LogP) is 3.54. The molecule has 2 aromatic carbocycles. The van der Waals surface area contributed by atoms with Crippen LogP contribution in [0.25, 0.3) is 0 Å². The van der Waals surface area contributed by atoms with Gasteiger partial charge in [0, 0.05) is 25.1 Å². The minimum atomic E-state index is -0.182. The highest BCUT2D eigenvalue weighted by molar-refractivity contribution is 6.02. The van der Waals surface area contributed by atoms with Gasteiger partial charge in [0.05, 0.1) is 5.69 Å². The lowest BCUT2D eigenvalue weighted by atomic mass is 10.1. The van der Waals surface area contributed by atoms with Crippen molar-refractivity contribution in [3.05, 3.63) is 53.6 Å². The number of para-hydroxylation sites is 1. The zero-order valence-electron chi connectivity index (χ0n) is 19.0. The highest BCUT2D eigenvalue weighted by atomic mass is 16.5. The summed E-state index contributed by atoms with van der Waals surface area (Å²) in [6.45, 7) is 3.03. The molecule has 0 unspecified atom stereocenters. The van der Waals surface area contributed by atoms with Gasteiger partial charge in [-0.15, -0.1) is 0 Å². The first-order valence-electron chi connectivity index (χ1n) is 11.6. The molecular formula is C26H30N2O5. The van der Waals surface area contributed by atoms with E-state index in [0.717, 1.165) is 18.5 Å². The number of ether oxygens (including phenoxy) is 2. The maximum absolute atomic E-state index is 12.8. The number of hydrogen-bond acceptors (Lipinski definition) is 5. The Balaban J connectivity index is 1.38. The lowest BCUT2D eigenvalue weighted by Crippen LogP contribution is -2.40. The van der Waals surface area contributed by atoms with Crippen molar-refractivity contribution in [2.24, 2.45) is 5.92 Å². The number of rotatable bonds is 11. The molecule has 0 radical (unpaired) electrons. The number of aryl methyl sites for hydroxylation is 1. The van der Waals surface area contributed by atoms with Gasteiger partial charge in [0.2, 0.25) is 5.91 Å². The molecule has 7 heteroatoms. The second kappa shape index (κ2) is 10.5. The second-order valence-electron chi connectivity index (χ2n) is 8.54. The molecule has 1 aliphatic carbocycles. The van der Waals surface area contributed by atoms with Crippen LogP contribution in [0.15, 0.2) is 42.5 Å². The van der Waals surface area contributed by atoms with Gasteiger partial charge in [0.15, 0.2) is 19.0 Å². The summed E-state index contributed by atoms with van der Waals surface area (Å²) in [4.78, 5) is 38.9. The van der Waals surface area contributed by atoms with E-state index in [2.05, 4.69) is 5.32 Å². The molecule has 0 aromatic heterocycles. The highest BCUT2D eigenvalue weighted by Gasteiger charge is 2.27. The number of amides is 2. The van der Waals surface area contributed by atoms with Gasteiger partial charge in [0.1, 0.15) is 11.5 Å². The van der Waals surface area contributed by atoms with E-state index in [1.165, 1.54) is 12.8 Å². The summed E-state index contributed by atoms with van der Waals surface area (Å²) in [6.07, 6.45) is 4.09. The number of hydrogen-bond donors (Lipinski definition) is 1. The van der Waals surface area contributed by atoms with E-state index in [-0.39, 0.29) is 30.8 Å². The molecular weight excluding hydrogens is 420 g/mol. The second-order valence-corrected chi connectivity index (χ2v) is 8.54. The minimum Gasteiger partial charge on any atom is -0.485 e. The summed E-state index contributed by atoms with van der Waals surface area (Å²) in [5.74, 6) is 1.54. The van der Waals surface area contributed by atoms with Crippen molar-refractivity contribution < 1.29 is 23.9 Å². The number of anilines is 1. The van der Waals surface area contributed by atoms with E-state index in [0.29, 0.717) is 48.1 Å². The number of ketones is 1. The van der Waals surface area contributed by atoms with Crippen molar-refractivity contribution in [3.8, 4) is 11.5 Å². The summed E-state index contributed by atoms with van der Waals surface area (Å²) in [7, 11) is 0. The van der Waals surface area contributed by atoms with Crippen LogP contribution >= 0.6 is 0 Å². The van der Waals surface area contributed by atoms with E-state index < -0.39 is 0 Å². The first-order valence-corrected chi connectivity index (χ1v) is 11.6. The van der Waals surface area contributed by atoms with E-state index in [1.54, 1.807) is 23.1 Å². The Morgan fingerprint density at radius 1 is 1.18 bits per heavy atom. The van der Waals surface area contributed by atoms with Crippen LogP contribution in [0.2, 0.25) is 0 Å². The summed E-state index contributed by atoms with van der Waals surface area (Å²) in [6, 6.07) is 12.7. The largest absolute Gasteiger partial charge is 0.485 e. The molecule has 2 amide bonds. The van der Waals surface area contributed by atoms with Gasteiger partial charge >= 0.3 is 0 Å². The van der Waals surface area contributed by atoms with Crippen LogP contribution in [-0.4, -0.2) is 43.9 Å². The van der Waals surface area contributed by atoms with E-state index >= 15 is 0 Å². The Bertz CT molecular complexity index is 1030. The monoisotopic (exact) mass is 450 g/mol. The fourth-order valence-electron chi connectivity index (χ4n) is 3.85. The Kier molecular flexibility index (Phi) is 7.27. The Hall–Kier alpha value is -3.35. The molecule has 33 heavy (non-hydrogen) atoms. The van der Waals surface area contributed by atoms with Gasteiger partial charge in [-0.3, -0.25) is 14.4 Å². The third kappa shape index (κ3) is 5.92. The van der Waals surface area contributed by atoms with Gasteiger partial charge in [-0.25, -0.2) is 0 Å². The van der Waals surface area contributed by atoms with Crippen LogP contribution < -0.4 is 19.7 Å². The molecule has 2 aliphatic rings. The number of carbonyl (C=O) groups excluding carboxylic acids is 3. The lowest BCUT2D eigenvalue weighted by molar-refractivity contribution is -0.122. The van der Waals surface area contributed by atoms with E-state index in [9.17, 15) is 14.4 Å². The Morgan fingerprint density at radius 3 is 2.79 bits per heavy atom. The number of carbonyl (C=O) groups is 3. The molecule has 1 heterocycles. The molecule has 174 valence electrons. The average Bonchev–Trinajstić information content (AvgIpc) is 3.67. The summed E-state index contributed by atoms with van der Waals surface area (Å²) >= 11 is 0. The molecule has 0 bridgehead atoms. The Morgan fingerprint density at radius 2 is 2.00 bits per heavy atom. The number of nitrogens with one attached hydrogen (secondary N) is 1. The smallest absolute Gasteiger partial charge is 0.265 e. The van der Waals surface area contributed by atoms with Gasteiger partial charge in [0.25, 0.3) is 5.91 Å². The van der Waals surface area contributed by atoms with Gasteiger partial charge < -0.3 is 19.7 Å². The third-order valence-corrected chi connectivity index (χ3v) is 6.01. The average molecular weight is 451 g/mol. The Labute approximate surface area is 194 Å². The third-order valence-electron chi connectivity index (χ3n) is 6.01. The number of benzene rings is 2. The zero-order chi connectivity index (χ0) is 23.2. The van der Waals surface area contributed by atoms with E-state index in [1.807, 2.05) is 31.2 Å². The summed E-state index contributed by atoms with van der Waals surface area (Å²) in [5, 5.41) is 2.95. The van der Waals surface area contributed by atoms with Crippen molar-refractivity contribution in [1.82, 2.24) is 5.32 Å². The van der Waals surface area contributed by atoms with E-state index in [4.69, 9.17) is 9.47 Å². The molecule has 1 N–H and O–H groups in total. The maximum atomic E-state index is 12.8. The number of nitrogens with zero attached hydrogens (tertiary/aromatic N) is 1. The van der Waals surface area contributed by atoms with Crippen LogP contribution in [-0.2, 0) is 16.0 Å². The first kappa shape index (κ1) is 22.8. The molecule has 4 rings (SSSR count). The van der Waals surface area contributed by atoms with Crippen LogP contribution in [0.1, 0.15) is 48.5 Å². The van der Waals surface area contributed by atoms with Crippen molar-refractivity contribution >= 4 is 23.3 Å². The quantitative estimate of drug-likeness (QED) is 0.530. The zero-order valence-corrected chi connectivity index (χ0v) is 19.0. The minimum absolute atomic E-state index is 0.0104. The van der Waals surface area contributed by atoms with Gasteiger partial charge in [-0.1, -0.05) is 25.1 Å². The molecule has 0 spiro atoms. The fraction of sp³-hybridized carbons (Fsp3) is 0.423. The van der Waals surface area contributed by atoms with Crippen molar-refractivity contribution in [1.29, 1.82) is 0 Å². The first-order chi connectivity index (χ1) is 16.0. The summed E-state index contributed by atoms with van der Waals surface area (Å²) < 4.78 is 11.3. The fourth-order valence-corrected chi connectivity index (χ4v) is 3.85. The lowest BCUT2D eigenvalue weighted by Gasteiger charge is -2.29. The van der Waals surface area contributed by atoms with Crippen molar-refractivity contribution in [2.75, 3.05) is 31.2 Å². The molecule has 1 aliphatic heterocycles. The standard InChI is InChI=1S/C26H30N2O5/c1-2-19-6-3-4-7-23(19)32-16-22(29)20-11-12-24-21(14-20)28(26(31)17-33-24)13-5-8-25(30)27-15-18-9-10-18/h3-4,6-7,11-12,14,18H,2,5,8-10,13,15-17H2,1H3,(H,27,30).